The average Bonchev–Trinajstić information content (AvgIpc) is 2.01. The van der Waals surface area contributed by atoms with Crippen LogP contribution in [0.15, 0.2) is 0 Å². The molecule has 0 radical (unpaired) electrons. The molecule has 11 heavy (non-hydrogen) atoms. The number of hydrogen-bond donors (Lipinski definition) is 0. The van der Waals surface area contributed by atoms with Gasteiger partial charge in [-0.2, -0.15) is 11.8 Å². The Hall–Kier alpha value is 0.270. The molecule has 0 aromatic heterocycles. The Balaban J connectivity index is 3.02. The molecule has 68 valence electrons. The largest absolute Gasteiger partial charge is 0.383 e. The van der Waals surface area contributed by atoms with Crippen LogP contribution in [0, 0.1) is 0 Å². The van der Waals surface area contributed by atoms with E-state index in [-0.39, 0.29) is 0 Å². The normalized spacial score (nSPS) is 10.9. The summed E-state index contributed by atoms with van der Waals surface area (Å²) >= 11 is 1.91. The van der Waals surface area contributed by atoms with Gasteiger partial charge < -0.3 is 9.64 Å². The van der Waals surface area contributed by atoms with Gasteiger partial charge in [-0.15, -0.1) is 0 Å². The molecule has 0 rings (SSSR count). The summed E-state index contributed by atoms with van der Waals surface area (Å²) in [6.45, 7) is 3.07. The smallest absolute Gasteiger partial charge is 0.0589 e. The second-order valence-electron chi connectivity index (χ2n) is 2.64. The molecule has 0 N–H and O–H groups in total. The van der Waals surface area contributed by atoms with Gasteiger partial charge in [-0.25, -0.2) is 0 Å². The van der Waals surface area contributed by atoms with Crippen LogP contribution in [0.5, 0.6) is 0 Å². The molecule has 0 fully saturated rings. The molecule has 0 saturated heterocycles. The Morgan fingerprint density at radius 2 is 2.09 bits per heavy atom. The number of rotatable bonds is 7. The van der Waals surface area contributed by atoms with Crippen molar-refractivity contribution in [2.75, 3.05) is 45.9 Å². The van der Waals surface area contributed by atoms with E-state index in [1.807, 2.05) is 11.8 Å². The van der Waals surface area contributed by atoms with Crippen molar-refractivity contribution in [3.8, 4) is 0 Å². The van der Waals surface area contributed by atoms with Crippen LogP contribution < -0.4 is 0 Å². The number of hydrogen-bond acceptors (Lipinski definition) is 3. The van der Waals surface area contributed by atoms with Gasteiger partial charge in [0.05, 0.1) is 6.61 Å². The number of methoxy groups -OCH3 is 1. The molecular weight excluding hydrogens is 158 g/mol. The zero-order chi connectivity index (χ0) is 8.53. The van der Waals surface area contributed by atoms with Gasteiger partial charge in [0, 0.05) is 13.7 Å². The van der Waals surface area contributed by atoms with Crippen LogP contribution in [0.4, 0.5) is 0 Å². The fourth-order valence-corrected chi connectivity index (χ4v) is 1.26. The summed E-state index contributed by atoms with van der Waals surface area (Å²) < 4.78 is 4.97. The summed E-state index contributed by atoms with van der Waals surface area (Å²) in [7, 11) is 3.88. The lowest BCUT2D eigenvalue weighted by atomic mass is 10.4. The van der Waals surface area contributed by atoms with Gasteiger partial charge >= 0.3 is 0 Å². The zero-order valence-corrected chi connectivity index (χ0v) is 8.62. The second-order valence-corrected chi connectivity index (χ2v) is 3.63. The summed E-state index contributed by atoms with van der Waals surface area (Å²) in [4.78, 5) is 2.31. The second kappa shape index (κ2) is 8.37. The van der Waals surface area contributed by atoms with Crippen molar-refractivity contribution in [1.29, 1.82) is 0 Å². The minimum atomic E-state index is 0.843. The van der Waals surface area contributed by atoms with Gasteiger partial charge in [-0.1, -0.05) is 0 Å². The Kier molecular flexibility index (Phi) is 8.57. The van der Waals surface area contributed by atoms with Crippen LogP contribution in [-0.2, 0) is 4.74 Å². The predicted molar refractivity (Wildman–Crippen MR) is 52.4 cm³/mol. The van der Waals surface area contributed by atoms with E-state index in [0.717, 1.165) is 13.2 Å². The molecule has 0 aliphatic rings. The van der Waals surface area contributed by atoms with Gasteiger partial charge in [-0.05, 0) is 32.0 Å². The van der Waals surface area contributed by atoms with Crippen molar-refractivity contribution in [3.63, 3.8) is 0 Å². The highest BCUT2D eigenvalue weighted by Gasteiger charge is 1.95. The molecule has 0 aromatic rings. The van der Waals surface area contributed by atoms with Crippen LogP contribution in [0.3, 0.4) is 0 Å². The molecule has 0 aromatic carbocycles. The van der Waals surface area contributed by atoms with Gasteiger partial charge in [0.1, 0.15) is 0 Å². The number of ether oxygens (including phenoxy) is 1. The summed E-state index contributed by atoms with van der Waals surface area (Å²) in [5, 5.41) is 0. The quantitative estimate of drug-likeness (QED) is 0.544. The molecule has 0 atom stereocenters. The minimum Gasteiger partial charge on any atom is -0.383 e. The molecule has 0 aliphatic carbocycles. The van der Waals surface area contributed by atoms with E-state index in [4.69, 9.17) is 4.74 Å². The first-order valence-corrected chi connectivity index (χ1v) is 5.37. The summed E-state index contributed by atoms with van der Waals surface area (Å²) in [6, 6.07) is 0. The number of thioether (sulfide) groups is 1. The fraction of sp³-hybridized carbons (Fsp3) is 1.00. The number of likely N-dealkylation sites (N-methyl/N-ethyl adjacent to an activating group) is 1. The monoisotopic (exact) mass is 177 g/mol. The molecule has 0 spiro atoms. The van der Waals surface area contributed by atoms with Crippen molar-refractivity contribution >= 4 is 11.8 Å². The Bertz CT molecular complexity index is 80.5. The van der Waals surface area contributed by atoms with E-state index in [1.54, 1.807) is 7.11 Å². The van der Waals surface area contributed by atoms with Crippen molar-refractivity contribution < 1.29 is 4.74 Å². The molecular formula is C8H19NOS. The van der Waals surface area contributed by atoms with Crippen LogP contribution in [0.25, 0.3) is 0 Å². The summed E-state index contributed by atoms with van der Waals surface area (Å²) in [5.74, 6) is 1.26. The van der Waals surface area contributed by atoms with Gasteiger partial charge in [0.2, 0.25) is 0 Å². The molecule has 0 aliphatic heterocycles. The minimum absolute atomic E-state index is 0.843. The Labute approximate surface area is 74.3 Å². The highest BCUT2D eigenvalue weighted by molar-refractivity contribution is 7.98. The molecule has 0 bridgehead atoms. The SMILES string of the molecule is COCCN(C)CCCSC. The first-order valence-electron chi connectivity index (χ1n) is 3.97. The Morgan fingerprint density at radius 3 is 2.64 bits per heavy atom. The highest BCUT2D eigenvalue weighted by atomic mass is 32.2. The lowest BCUT2D eigenvalue weighted by Gasteiger charge is -2.14. The van der Waals surface area contributed by atoms with E-state index in [2.05, 4.69) is 18.2 Å². The first-order chi connectivity index (χ1) is 5.31. The first kappa shape index (κ1) is 11.3. The maximum Gasteiger partial charge on any atom is 0.0589 e. The molecule has 3 heteroatoms. The van der Waals surface area contributed by atoms with E-state index in [9.17, 15) is 0 Å². The van der Waals surface area contributed by atoms with E-state index >= 15 is 0 Å². The lowest BCUT2D eigenvalue weighted by Crippen LogP contribution is -2.24. The standard InChI is InChI=1S/C8H19NOS/c1-9(6-7-10-2)5-4-8-11-3/h4-8H2,1-3H3. The fourth-order valence-electron chi connectivity index (χ4n) is 0.838. The average molecular weight is 177 g/mol. The third kappa shape index (κ3) is 8.17. The molecule has 0 heterocycles. The molecule has 2 nitrogen and oxygen atoms in total. The van der Waals surface area contributed by atoms with Crippen molar-refractivity contribution in [1.82, 2.24) is 4.90 Å². The highest BCUT2D eigenvalue weighted by Crippen LogP contribution is 1.96. The van der Waals surface area contributed by atoms with Crippen LogP contribution >= 0.6 is 11.8 Å². The third-order valence-corrected chi connectivity index (χ3v) is 2.26. The maximum absolute atomic E-state index is 4.97. The Morgan fingerprint density at radius 1 is 1.36 bits per heavy atom. The van der Waals surface area contributed by atoms with Crippen LogP contribution in [-0.4, -0.2) is 50.8 Å². The van der Waals surface area contributed by atoms with Crippen molar-refractivity contribution in [2.45, 2.75) is 6.42 Å². The number of nitrogens with zero attached hydrogens (tertiary/aromatic N) is 1. The molecule has 0 saturated carbocycles. The van der Waals surface area contributed by atoms with Crippen LogP contribution in [0.2, 0.25) is 0 Å². The van der Waals surface area contributed by atoms with Gasteiger partial charge in [-0.3, -0.25) is 0 Å². The topological polar surface area (TPSA) is 12.5 Å². The van der Waals surface area contributed by atoms with E-state index < -0.39 is 0 Å². The lowest BCUT2D eigenvalue weighted by molar-refractivity contribution is 0.161. The third-order valence-electron chi connectivity index (χ3n) is 1.57. The van der Waals surface area contributed by atoms with Crippen molar-refractivity contribution in [3.05, 3.63) is 0 Å². The summed E-state index contributed by atoms with van der Waals surface area (Å²) in [5.41, 5.74) is 0. The van der Waals surface area contributed by atoms with Crippen molar-refractivity contribution in [2.24, 2.45) is 0 Å². The van der Waals surface area contributed by atoms with Crippen LogP contribution in [0.1, 0.15) is 6.42 Å². The van der Waals surface area contributed by atoms with Gasteiger partial charge in [0.25, 0.3) is 0 Å². The van der Waals surface area contributed by atoms with E-state index in [1.165, 1.54) is 18.7 Å². The zero-order valence-electron chi connectivity index (χ0n) is 7.80. The summed E-state index contributed by atoms with van der Waals surface area (Å²) in [6.07, 6.45) is 3.43. The molecule has 0 amide bonds. The maximum atomic E-state index is 4.97. The predicted octanol–water partition coefficient (Wildman–Crippen LogP) is 1.32. The molecule has 0 unspecified atom stereocenters. The van der Waals surface area contributed by atoms with Gasteiger partial charge in [0.15, 0.2) is 0 Å². The van der Waals surface area contributed by atoms with E-state index in [0.29, 0.717) is 0 Å².